The molecule has 0 aliphatic heterocycles. The summed E-state index contributed by atoms with van der Waals surface area (Å²) in [5, 5.41) is 3.36. The van der Waals surface area contributed by atoms with E-state index in [1.165, 1.54) is 12.1 Å². The zero-order chi connectivity index (χ0) is 29.3. The number of anilines is 3. The van der Waals surface area contributed by atoms with Gasteiger partial charge in [0.15, 0.2) is 0 Å². The number of rotatable bonds is 8. The summed E-state index contributed by atoms with van der Waals surface area (Å²) in [7, 11) is -8.15. The number of halogens is 4. The van der Waals surface area contributed by atoms with E-state index >= 15 is 0 Å². The van der Waals surface area contributed by atoms with Crippen molar-refractivity contribution in [3.8, 4) is 0 Å². The number of nitrogens with zero attached hydrogens (tertiary/aromatic N) is 1. The van der Waals surface area contributed by atoms with Crippen LogP contribution in [0.5, 0.6) is 0 Å². The van der Waals surface area contributed by atoms with E-state index in [1.807, 2.05) is 12.1 Å². The van der Waals surface area contributed by atoms with E-state index in [9.17, 15) is 34.8 Å². The van der Waals surface area contributed by atoms with Gasteiger partial charge in [0.25, 0.3) is 10.0 Å². The topological polar surface area (TPSA) is 113 Å². The highest BCUT2D eigenvalue weighted by Crippen LogP contribution is 2.36. The Morgan fingerprint density at radius 3 is 2.15 bits per heavy atom. The first-order valence-electron chi connectivity index (χ1n) is 11.4. The summed E-state index contributed by atoms with van der Waals surface area (Å²) in [4.78, 5) is 12.5. The van der Waals surface area contributed by atoms with Gasteiger partial charge in [-0.15, -0.1) is 0 Å². The lowest BCUT2D eigenvalue weighted by atomic mass is 10.1. The van der Waals surface area contributed by atoms with Gasteiger partial charge in [0, 0.05) is 16.8 Å². The molecule has 0 saturated carbocycles. The number of hydrogen-bond acceptors (Lipinski definition) is 5. The van der Waals surface area contributed by atoms with E-state index in [-0.39, 0.29) is 16.3 Å². The third-order valence-corrected chi connectivity index (χ3v) is 8.55. The van der Waals surface area contributed by atoms with Crippen molar-refractivity contribution >= 4 is 65.4 Å². The van der Waals surface area contributed by atoms with Crippen LogP contribution in [0.2, 0.25) is 5.02 Å². The Hall–Kier alpha value is -3.81. The van der Waals surface area contributed by atoms with Gasteiger partial charge in [0.05, 0.1) is 27.4 Å². The third-order valence-electron chi connectivity index (χ3n) is 5.70. The predicted molar refractivity (Wildman–Crippen MR) is 148 cm³/mol. The monoisotopic (exact) mass is 611 g/mol. The first-order chi connectivity index (χ1) is 18.6. The molecule has 0 saturated heterocycles. The second kappa shape index (κ2) is 11.0. The van der Waals surface area contributed by atoms with Crippen LogP contribution in [0.25, 0.3) is 10.8 Å². The summed E-state index contributed by atoms with van der Waals surface area (Å²) in [6.07, 6.45) is -3.80. The SMILES string of the molecule is CS(=O)(=O)N(CC(=O)Nc1ccc(S(=O)(=O)Nc2ccc(Cl)c(C(F)(F)F)c2)cc1)c1cccc2ccccc12. The van der Waals surface area contributed by atoms with Gasteiger partial charge >= 0.3 is 6.18 Å². The van der Waals surface area contributed by atoms with Crippen LogP contribution in [0, 0.1) is 0 Å². The molecule has 0 aliphatic rings. The Balaban J connectivity index is 1.50. The fourth-order valence-electron chi connectivity index (χ4n) is 3.88. The van der Waals surface area contributed by atoms with E-state index < -0.39 is 49.3 Å². The molecule has 0 aliphatic carbocycles. The molecule has 0 spiro atoms. The van der Waals surface area contributed by atoms with Crippen molar-refractivity contribution in [3.05, 3.63) is 95.5 Å². The highest BCUT2D eigenvalue weighted by molar-refractivity contribution is 7.92. The van der Waals surface area contributed by atoms with Crippen molar-refractivity contribution in [1.82, 2.24) is 0 Å². The van der Waals surface area contributed by atoms with Crippen LogP contribution >= 0.6 is 11.6 Å². The van der Waals surface area contributed by atoms with Crippen molar-refractivity contribution in [3.63, 3.8) is 0 Å². The molecule has 0 atom stereocenters. The number of amides is 1. The highest BCUT2D eigenvalue weighted by atomic mass is 35.5. The second-order valence-electron chi connectivity index (χ2n) is 8.64. The van der Waals surface area contributed by atoms with Gasteiger partial charge in [0.2, 0.25) is 15.9 Å². The van der Waals surface area contributed by atoms with Gasteiger partial charge < -0.3 is 5.32 Å². The zero-order valence-electron chi connectivity index (χ0n) is 20.6. The summed E-state index contributed by atoms with van der Waals surface area (Å²) >= 11 is 5.58. The standard InChI is InChI=1S/C26H21ClF3N3O5S2/c1-39(35,36)33(24-8-4-6-17-5-2-3-7-21(17)24)16-25(34)31-18-9-12-20(13-10-18)40(37,38)32-19-11-14-23(27)22(15-19)26(28,29)30/h2-15,32H,16H2,1H3,(H,31,34). The van der Waals surface area contributed by atoms with Gasteiger partial charge in [0.1, 0.15) is 6.54 Å². The number of carbonyl (C=O) groups excluding carboxylic acids is 1. The van der Waals surface area contributed by atoms with Crippen LogP contribution in [0.3, 0.4) is 0 Å². The molecule has 2 N–H and O–H groups in total. The van der Waals surface area contributed by atoms with Gasteiger partial charge in [-0.2, -0.15) is 13.2 Å². The average molecular weight is 612 g/mol. The smallest absolute Gasteiger partial charge is 0.325 e. The molecule has 0 fully saturated rings. The third kappa shape index (κ3) is 6.66. The Morgan fingerprint density at radius 2 is 1.50 bits per heavy atom. The van der Waals surface area contributed by atoms with Gasteiger partial charge in [-0.05, 0) is 53.9 Å². The quantitative estimate of drug-likeness (QED) is 0.265. The fraction of sp³-hybridized carbons (Fsp3) is 0.115. The molecule has 4 aromatic carbocycles. The molecule has 0 heterocycles. The van der Waals surface area contributed by atoms with E-state index in [1.54, 1.807) is 30.3 Å². The van der Waals surface area contributed by atoms with Crippen LogP contribution in [-0.4, -0.2) is 35.5 Å². The van der Waals surface area contributed by atoms with Crippen molar-refractivity contribution in [2.45, 2.75) is 11.1 Å². The minimum absolute atomic E-state index is 0.168. The first kappa shape index (κ1) is 29.2. The van der Waals surface area contributed by atoms with Crippen molar-refractivity contribution in [1.29, 1.82) is 0 Å². The normalized spacial score (nSPS) is 12.2. The average Bonchev–Trinajstić information content (AvgIpc) is 2.87. The summed E-state index contributed by atoms with van der Waals surface area (Å²) in [6, 6.07) is 19.6. The minimum Gasteiger partial charge on any atom is -0.325 e. The summed E-state index contributed by atoms with van der Waals surface area (Å²) in [6.45, 7) is -0.549. The van der Waals surface area contributed by atoms with Gasteiger partial charge in [-0.3, -0.25) is 13.8 Å². The summed E-state index contributed by atoms with van der Waals surface area (Å²) in [5.74, 6) is -0.687. The lowest BCUT2D eigenvalue weighted by Crippen LogP contribution is -2.37. The minimum atomic E-state index is -4.78. The molecule has 1 amide bonds. The molecular formula is C26H21ClF3N3O5S2. The molecule has 210 valence electrons. The van der Waals surface area contributed by atoms with Crippen LogP contribution in [0.15, 0.2) is 89.8 Å². The Bertz CT molecular complexity index is 1790. The fourth-order valence-corrected chi connectivity index (χ4v) is 6.02. The number of fused-ring (bicyclic) bond motifs is 1. The Kier molecular flexibility index (Phi) is 8.01. The number of benzene rings is 4. The molecule has 0 unspecified atom stereocenters. The van der Waals surface area contributed by atoms with Crippen LogP contribution in [0.4, 0.5) is 30.2 Å². The molecule has 4 rings (SSSR count). The second-order valence-corrected chi connectivity index (χ2v) is 12.6. The summed E-state index contributed by atoms with van der Waals surface area (Å²) in [5.41, 5.74) is -1.05. The van der Waals surface area contributed by atoms with E-state index in [4.69, 9.17) is 11.6 Å². The van der Waals surface area contributed by atoms with Crippen LogP contribution in [-0.2, 0) is 31.0 Å². The Labute approximate surface area is 233 Å². The maximum Gasteiger partial charge on any atom is 0.417 e. The maximum absolute atomic E-state index is 13.1. The first-order valence-corrected chi connectivity index (χ1v) is 15.1. The van der Waals surface area contributed by atoms with Crippen molar-refractivity contribution < 1.29 is 34.8 Å². The maximum atomic E-state index is 13.1. The molecule has 0 aromatic heterocycles. The van der Waals surface area contributed by atoms with Crippen LogP contribution in [0.1, 0.15) is 5.56 Å². The van der Waals surface area contributed by atoms with E-state index in [0.29, 0.717) is 17.1 Å². The van der Waals surface area contributed by atoms with Crippen molar-refractivity contribution in [2.75, 3.05) is 27.1 Å². The molecule has 0 bridgehead atoms. The largest absolute Gasteiger partial charge is 0.417 e. The number of sulfonamides is 2. The highest BCUT2D eigenvalue weighted by Gasteiger charge is 2.33. The van der Waals surface area contributed by atoms with E-state index in [0.717, 1.165) is 40.2 Å². The Morgan fingerprint density at radius 1 is 0.875 bits per heavy atom. The number of alkyl halides is 3. The van der Waals surface area contributed by atoms with Crippen LogP contribution < -0.4 is 14.3 Å². The zero-order valence-corrected chi connectivity index (χ0v) is 23.0. The van der Waals surface area contributed by atoms with Crippen molar-refractivity contribution in [2.24, 2.45) is 0 Å². The number of carbonyl (C=O) groups is 1. The number of nitrogens with one attached hydrogen (secondary N) is 2. The van der Waals surface area contributed by atoms with Gasteiger partial charge in [-0.1, -0.05) is 48.0 Å². The molecule has 40 heavy (non-hydrogen) atoms. The predicted octanol–water partition coefficient (Wildman–Crippen LogP) is 5.72. The number of hydrogen-bond donors (Lipinski definition) is 2. The lowest BCUT2D eigenvalue weighted by molar-refractivity contribution is -0.137. The summed E-state index contributed by atoms with van der Waals surface area (Å²) < 4.78 is 92.9. The molecule has 4 aromatic rings. The van der Waals surface area contributed by atoms with E-state index in [2.05, 4.69) is 10.0 Å². The molecular weight excluding hydrogens is 591 g/mol. The lowest BCUT2D eigenvalue weighted by Gasteiger charge is -2.23. The molecule has 8 nitrogen and oxygen atoms in total. The molecule has 0 radical (unpaired) electrons. The molecule has 14 heteroatoms. The van der Waals surface area contributed by atoms with Gasteiger partial charge in [-0.25, -0.2) is 16.8 Å².